The summed E-state index contributed by atoms with van der Waals surface area (Å²) < 4.78 is 5.92. The first-order chi connectivity index (χ1) is 11.3. The number of nitrogens with zero attached hydrogens (tertiary/aromatic N) is 1. The van der Waals surface area contributed by atoms with Gasteiger partial charge in [-0.15, -0.1) is 0 Å². The van der Waals surface area contributed by atoms with Gasteiger partial charge in [0.25, 0.3) is 0 Å². The Morgan fingerprint density at radius 3 is 2.83 bits per heavy atom. The molecule has 0 bridgehead atoms. The number of amides is 1. The molecule has 0 unspecified atom stereocenters. The van der Waals surface area contributed by atoms with E-state index in [1.807, 2.05) is 42.5 Å². The van der Waals surface area contributed by atoms with Crippen LogP contribution < -0.4 is 10.1 Å². The van der Waals surface area contributed by atoms with Gasteiger partial charge >= 0.3 is 0 Å². The fourth-order valence-electron chi connectivity index (χ4n) is 2.49. The van der Waals surface area contributed by atoms with Crippen LogP contribution in [0.3, 0.4) is 0 Å². The maximum absolute atomic E-state index is 11.6. The van der Waals surface area contributed by atoms with Gasteiger partial charge in [0.15, 0.2) is 0 Å². The average molecular weight is 310 g/mol. The highest BCUT2D eigenvalue weighted by Crippen LogP contribution is 2.28. The summed E-state index contributed by atoms with van der Waals surface area (Å²) in [5.41, 5.74) is 0.964. The first-order valence-electron chi connectivity index (χ1n) is 8.03. The molecule has 0 fully saturated rings. The summed E-state index contributed by atoms with van der Waals surface area (Å²) in [4.78, 5) is 11.6. The molecule has 4 nitrogen and oxygen atoms in total. The standard InChI is InChI=1S/C19H22N2O2/c1-2-3-6-13-23-18-10-9-15-7-4-5-8-16(15)17(18)14-21-19(22)11-12-20/h4-5,7-10H,2-3,6,11,13-14H2,1H3,(H,21,22). The van der Waals surface area contributed by atoms with Gasteiger partial charge in [-0.3, -0.25) is 4.79 Å². The third kappa shape index (κ3) is 4.72. The SMILES string of the molecule is CCCCCOc1ccc2ccccc2c1CNC(=O)CC#N. The van der Waals surface area contributed by atoms with Gasteiger partial charge in [-0.1, -0.05) is 50.1 Å². The van der Waals surface area contributed by atoms with E-state index in [1.165, 1.54) is 0 Å². The van der Waals surface area contributed by atoms with E-state index in [0.717, 1.165) is 41.3 Å². The van der Waals surface area contributed by atoms with Crippen molar-refractivity contribution in [3.8, 4) is 11.8 Å². The van der Waals surface area contributed by atoms with Crippen molar-refractivity contribution in [2.45, 2.75) is 39.2 Å². The smallest absolute Gasteiger partial charge is 0.234 e. The van der Waals surface area contributed by atoms with E-state index >= 15 is 0 Å². The molecule has 0 aliphatic rings. The van der Waals surface area contributed by atoms with Crippen LogP contribution in [0.4, 0.5) is 0 Å². The lowest BCUT2D eigenvalue weighted by atomic mass is 10.0. The highest BCUT2D eigenvalue weighted by molar-refractivity contribution is 5.88. The second-order valence-electron chi connectivity index (χ2n) is 5.43. The quantitative estimate of drug-likeness (QED) is 0.751. The highest BCUT2D eigenvalue weighted by atomic mass is 16.5. The van der Waals surface area contributed by atoms with E-state index in [4.69, 9.17) is 10.00 Å². The Morgan fingerprint density at radius 2 is 2.04 bits per heavy atom. The van der Waals surface area contributed by atoms with Crippen molar-refractivity contribution >= 4 is 16.7 Å². The third-order valence-electron chi connectivity index (χ3n) is 3.71. The minimum atomic E-state index is -0.266. The van der Waals surface area contributed by atoms with Gasteiger partial charge in [0.2, 0.25) is 5.91 Å². The molecule has 0 aromatic heterocycles. The lowest BCUT2D eigenvalue weighted by molar-refractivity contribution is -0.120. The molecule has 1 N–H and O–H groups in total. The van der Waals surface area contributed by atoms with Gasteiger partial charge in [-0.05, 0) is 23.3 Å². The monoisotopic (exact) mass is 310 g/mol. The Labute approximate surface area is 137 Å². The summed E-state index contributed by atoms with van der Waals surface area (Å²) in [5, 5.41) is 13.6. The van der Waals surface area contributed by atoms with E-state index in [9.17, 15) is 4.79 Å². The summed E-state index contributed by atoms with van der Waals surface area (Å²) in [6, 6.07) is 13.9. The van der Waals surface area contributed by atoms with E-state index in [-0.39, 0.29) is 12.3 Å². The van der Waals surface area contributed by atoms with Crippen molar-refractivity contribution in [1.29, 1.82) is 5.26 Å². The van der Waals surface area contributed by atoms with E-state index < -0.39 is 0 Å². The number of hydrogen-bond donors (Lipinski definition) is 1. The summed E-state index contributed by atoms with van der Waals surface area (Å²) in [6.07, 6.45) is 3.18. The predicted octanol–water partition coefficient (Wildman–Crippen LogP) is 3.94. The number of fused-ring (bicyclic) bond motifs is 1. The fourth-order valence-corrected chi connectivity index (χ4v) is 2.49. The van der Waals surface area contributed by atoms with Crippen LogP contribution in [0, 0.1) is 11.3 Å². The van der Waals surface area contributed by atoms with E-state index in [0.29, 0.717) is 13.2 Å². The molecular weight excluding hydrogens is 288 g/mol. The van der Waals surface area contributed by atoms with Crippen molar-refractivity contribution in [2.24, 2.45) is 0 Å². The second-order valence-corrected chi connectivity index (χ2v) is 5.43. The van der Waals surface area contributed by atoms with E-state index in [1.54, 1.807) is 0 Å². The van der Waals surface area contributed by atoms with Gasteiger partial charge in [-0.25, -0.2) is 0 Å². The summed E-state index contributed by atoms with van der Waals surface area (Å²) in [5.74, 6) is 0.537. The third-order valence-corrected chi connectivity index (χ3v) is 3.71. The van der Waals surface area contributed by atoms with Crippen LogP contribution in [0.2, 0.25) is 0 Å². The number of benzene rings is 2. The summed E-state index contributed by atoms with van der Waals surface area (Å²) in [7, 11) is 0. The number of carbonyl (C=O) groups is 1. The van der Waals surface area contributed by atoms with Crippen LogP contribution in [-0.4, -0.2) is 12.5 Å². The van der Waals surface area contributed by atoms with Crippen LogP contribution in [0.5, 0.6) is 5.75 Å². The van der Waals surface area contributed by atoms with Gasteiger partial charge in [0, 0.05) is 12.1 Å². The van der Waals surface area contributed by atoms with Crippen LogP contribution in [0.25, 0.3) is 10.8 Å². The summed E-state index contributed by atoms with van der Waals surface area (Å²) in [6.45, 7) is 3.20. The Balaban J connectivity index is 2.21. The topological polar surface area (TPSA) is 62.1 Å². The molecule has 23 heavy (non-hydrogen) atoms. The van der Waals surface area contributed by atoms with Crippen molar-refractivity contribution < 1.29 is 9.53 Å². The number of nitriles is 1. The Hall–Kier alpha value is -2.54. The molecular formula is C19H22N2O2. The molecule has 0 spiro atoms. The van der Waals surface area contributed by atoms with Crippen molar-refractivity contribution in [2.75, 3.05) is 6.61 Å². The first-order valence-corrected chi connectivity index (χ1v) is 8.03. The number of rotatable bonds is 8. The molecule has 2 rings (SSSR count). The molecule has 0 saturated heterocycles. The summed E-state index contributed by atoms with van der Waals surface area (Å²) >= 11 is 0. The molecule has 0 heterocycles. The number of carbonyl (C=O) groups excluding carboxylic acids is 1. The maximum atomic E-state index is 11.6. The van der Waals surface area contributed by atoms with Gasteiger partial charge in [-0.2, -0.15) is 5.26 Å². The molecule has 0 atom stereocenters. The lowest BCUT2D eigenvalue weighted by Gasteiger charge is -2.15. The van der Waals surface area contributed by atoms with Crippen molar-refractivity contribution in [3.63, 3.8) is 0 Å². The van der Waals surface area contributed by atoms with Gasteiger partial charge < -0.3 is 10.1 Å². The average Bonchev–Trinajstić information content (AvgIpc) is 2.57. The highest BCUT2D eigenvalue weighted by Gasteiger charge is 2.10. The largest absolute Gasteiger partial charge is 0.493 e. The predicted molar refractivity (Wildman–Crippen MR) is 91.0 cm³/mol. The zero-order valence-corrected chi connectivity index (χ0v) is 13.5. The maximum Gasteiger partial charge on any atom is 0.234 e. The molecule has 0 radical (unpaired) electrons. The molecule has 120 valence electrons. The molecule has 0 saturated carbocycles. The minimum absolute atomic E-state index is 0.128. The van der Waals surface area contributed by atoms with Crippen molar-refractivity contribution in [1.82, 2.24) is 5.32 Å². The molecule has 2 aromatic rings. The molecule has 0 aliphatic heterocycles. The van der Waals surface area contributed by atoms with E-state index in [2.05, 4.69) is 12.2 Å². The lowest BCUT2D eigenvalue weighted by Crippen LogP contribution is -2.22. The number of hydrogen-bond acceptors (Lipinski definition) is 3. The van der Waals surface area contributed by atoms with Crippen LogP contribution in [0.1, 0.15) is 38.2 Å². The second kappa shape index (κ2) is 8.79. The zero-order valence-electron chi connectivity index (χ0n) is 13.5. The number of unbranched alkanes of at least 4 members (excludes halogenated alkanes) is 2. The number of ether oxygens (including phenoxy) is 1. The van der Waals surface area contributed by atoms with Crippen LogP contribution >= 0.6 is 0 Å². The molecule has 0 aliphatic carbocycles. The van der Waals surface area contributed by atoms with Crippen LogP contribution in [-0.2, 0) is 11.3 Å². The Bertz CT molecular complexity index is 704. The fraction of sp³-hybridized carbons (Fsp3) is 0.368. The van der Waals surface area contributed by atoms with Crippen molar-refractivity contribution in [3.05, 3.63) is 42.0 Å². The van der Waals surface area contributed by atoms with Crippen LogP contribution in [0.15, 0.2) is 36.4 Å². The molecule has 1 amide bonds. The minimum Gasteiger partial charge on any atom is -0.493 e. The zero-order chi connectivity index (χ0) is 16.5. The van der Waals surface area contributed by atoms with Gasteiger partial charge in [0.1, 0.15) is 12.2 Å². The molecule has 2 aromatic carbocycles. The Kier molecular flexibility index (Phi) is 6.43. The number of nitrogens with one attached hydrogen (secondary N) is 1. The normalized spacial score (nSPS) is 10.3. The molecule has 4 heteroatoms. The first kappa shape index (κ1) is 16.8. The van der Waals surface area contributed by atoms with Gasteiger partial charge in [0.05, 0.1) is 12.7 Å². The Morgan fingerprint density at radius 1 is 1.22 bits per heavy atom.